The standard InChI is InChI=1S/C6HF9O4.Na/c7-3(5(11,12)13)6(14,15)19-2(18-3,1(16)17)4(8,9)10;/h(H,16,17);/q;+1/p-1. The van der Waals surface area contributed by atoms with Crippen molar-refractivity contribution < 1.29 is 88.4 Å². The number of carbonyl (C=O) groups is 1. The van der Waals surface area contributed by atoms with Crippen LogP contribution in [0.2, 0.25) is 0 Å². The van der Waals surface area contributed by atoms with E-state index in [9.17, 15) is 49.4 Å². The first-order valence-electron chi connectivity index (χ1n) is 3.93. The third-order valence-corrected chi connectivity index (χ3v) is 1.94. The molecule has 1 fully saturated rings. The van der Waals surface area contributed by atoms with Crippen molar-refractivity contribution in [3.05, 3.63) is 0 Å². The van der Waals surface area contributed by atoms with Gasteiger partial charge in [-0.1, -0.05) is 0 Å². The molecule has 0 aromatic heterocycles. The van der Waals surface area contributed by atoms with Gasteiger partial charge in [-0.05, 0) is 0 Å². The number of halogens is 9. The molecule has 2 unspecified atom stereocenters. The molecular weight excluding hydrogens is 330 g/mol. The van der Waals surface area contributed by atoms with Crippen molar-refractivity contribution in [2.75, 3.05) is 0 Å². The molecule has 0 radical (unpaired) electrons. The topological polar surface area (TPSA) is 58.6 Å². The first-order chi connectivity index (χ1) is 8.11. The average molecular weight is 330 g/mol. The maximum atomic E-state index is 13.0. The van der Waals surface area contributed by atoms with Gasteiger partial charge in [-0.3, -0.25) is 9.47 Å². The molecule has 0 bridgehead atoms. The van der Waals surface area contributed by atoms with E-state index >= 15 is 0 Å². The fourth-order valence-electron chi connectivity index (χ4n) is 1.06. The van der Waals surface area contributed by atoms with Gasteiger partial charge in [0.25, 0.3) is 0 Å². The number of hydrogen-bond acceptors (Lipinski definition) is 4. The summed E-state index contributed by atoms with van der Waals surface area (Å²) in [7, 11) is 0. The summed E-state index contributed by atoms with van der Waals surface area (Å²) in [5.74, 6) is -15.5. The first kappa shape index (κ1) is 19.8. The number of alkyl halides is 9. The average Bonchev–Trinajstić information content (AvgIpc) is 2.34. The number of ether oxygens (including phenoxy) is 2. The Morgan fingerprint density at radius 1 is 0.900 bits per heavy atom. The van der Waals surface area contributed by atoms with Gasteiger partial charge in [-0.2, -0.15) is 39.5 Å². The van der Waals surface area contributed by atoms with Gasteiger partial charge in [0.2, 0.25) is 0 Å². The van der Waals surface area contributed by atoms with E-state index in [-0.39, 0.29) is 29.6 Å². The summed E-state index contributed by atoms with van der Waals surface area (Å²) < 4.78 is 116. The summed E-state index contributed by atoms with van der Waals surface area (Å²) in [4.78, 5) is 10.1. The Balaban J connectivity index is 0.00000361. The molecule has 14 heteroatoms. The van der Waals surface area contributed by atoms with Gasteiger partial charge in [-0.15, -0.1) is 0 Å². The summed E-state index contributed by atoms with van der Waals surface area (Å²) in [6.45, 7) is 0. The summed E-state index contributed by atoms with van der Waals surface area (Å²) in [6.07, 6.45) is -19.4. The van der Waals surface area contributed by atoms with Crippen LogP contribution in [-0.2, 0) is 14.3 Å². The Bertz CT molecular complexity index is 406. The molecule has 20 heavy (non-hydrogen) atoms. The summed E-state index contributed by atoms with van der Waals surface area (Å²) >= 11 is 0. The Morgan fingerprint density at radius 2 is 1.30 bits per heavy atom. The van der Waals surface area contributed by atoms with Crippen LogP contribution in [0.1, 0.15) is 0 Å². The van der Waals surface area contributed by atoms with Crippen molar-refractivity contribution in [1.82, 2.24) is 0 Å². The van der Waals surface area contributed by atoms with Crippen LogP contribution < -0.4 is 34.7 Å². The number of carbonyl (C=O) groups excluding carboxylic acids is 1. The van der Waals surface area contributed by atoms with Crippen molar-refractivity contribution in [2.45, 2.75) is 30.1 Å². The van der Waals surface area contributed by atoms with Gasteiger partial charge in [0.15, 0.2) is 0 Å². The monoisotopic (exact) mass is 330 g/mol. The number of carboxylic acid groups (broad SMARTS) is 1. The predicted molar refractivity (Wildman–Crippen MR) is 30.8 cm³/mol. The largest absolute Gasteiger partial charge is 1.00 e. The molecule has 0 N–H and O–H groups in total. The second-order valence-electron chi connectivity index (χ2n) is 3.22. The molecule has 0 spiro atoms. The van der Waals surface area contributed by atoms with Gasteiger partial charge < -0.3 is 9.90 Å². The van der Waals surface area contributed by atoms with Crippen LogP contribution in [0.15, 0.2) is 0 Å². The Morgan fingerprint density at radius 3 is 1.45 bits per heavy atom. The molecule has 0 aromatic rings. The maximum Gasteiger partial charge on any atom is 1.00 e. The Labute approximate surface area is 125 Å². The van der Waals surface area contributed by atoms with Crippen LogP contribution in [0.3, 0.4) is 0 Å². The van der Waals surface area contributed by atoms with Crippen LogP contribution in [0, 0.1) is 0 Å². The van der Waals surface area contributed by atoms with E-state index in [4.69, 9.17) is 0 Å². The minimum atomic E-state index is -6.70. The summed E-state index contributed by atoms with van der Waals surface area (Å²) in [5.41, 5.74) is 0. The fraction of sp³-hybridized carbons (Fsp3) is 0.833. The molecule has 1 aliphatic heterocycles. The molecule has 2 atom stereocenters. The SMILES string of the molecule is O=C([O-])C1(C(F)(F)F)OC(F)(F)C(F)(C(F)(F)F)O1.[Na+]. The molecule has 1 rings (SSSR count). The molecule has 0 aromatic carbocycles. The van der Waals surface area contributed by atoms with E-state index in [1.165, 1.54) is 0 Å². The van der Waals surface area contributed by atoms with Crippen LogP contribution in [0.5, 0.6) is 0 Å². The molecular formula is C6F9NaO4. The third kappa shape index (κ3) is 2.49. The van der Waals surface area contributed by atoms with E-state index in [2.05, 4.69) is 9.47 Å². The van der Waals surface area contributed by atoms with Crippen molar-refractivity contribution in [3.63, 3.8) is 0 Å². The third-order valence-electron chi connectivity index (χ3n) is 1.94. The normalized spacial score (nSPS) is 33.6. The first-order valence-corrected chi connectivity index (χ1v) is 3.93. The molecule has 0 amide bonds. The van der Waals surface area contributed by atoms with Crippen LogP contribution in [0.4, 0.5) is 39.5 Å². The van der Waals surface area contributed by atoms with Crippen molar-refractivity contribution in [3.8, 4) is 0 Å². The minimum Gasteiger partial charge on any atom is -0.544 e. The van der Waals surface area contributed by atoms with Gasteiger partial charge in [-0.25, -0.2) is 0 Å². The van der Waals surface area contributed by atoms with E-state index < -0.39 is 36.1 Å². The van der Waals surface area contributed by atoms with Crippen molar-refractivity contribution in [2.24, 2.45) is 0 Å². The van der Waals surface area contributed by atoms with E-state index in [0.29, 0.717) is 0 Å². The predicted octanol–water partition coefficient (Wildman–Crippen LogP) is -2.13. The van der Waals surface area contributed by atoms with Crippen LogP contribution in [0.25, 0.3) is 0 Å². The molecule has 1 aliphatic rings. The molecule has 1 saturated heterocycles. The summed E-state index contributed by atoms with van der Waals surface area (Å²) in [6, 6.07) is 0. The fourth-order valence-corrected chi connectivity index (χ4v) is 1.06. The molecule has 4 nitrogen and oxygen atoms in total. The van der Waals surface area contributed by atoms with Crippen molar-refractivity contribution >= 4 is 5.97 Å². The zero-order valence-electron chi connectivity index (χ0n) is 9.03. The minimum absolute atomic E-state index is 0. The molecule has 0 saturated carbocycles. The second-order valence-corrected chi connectivity index (χ2v) is 3.22. The van der Waals surface area contributed by atoms with Crippen LogP contribution >= 0.6 is 0 Å². The molecule has 0 aliphatic carbocycles. The van der Waals surface area contributed by atoms with Gasteiger partial charge in [0.1, 0.15) is 5.97 Å². The number of aliphatic carboxylic acids is 1. The van der Waals surface area contributed by atoms with Gasteiger partial charge in [0.05, 0.1) is 0 Å². The van der Waals surface area contributed by atoms with Crippen molar-refractivity contribution in [1.29, 1.82) is 0 Å². The molecule has 1 heterocycles. The van der Waals surface area contributed by atoms with E-state index in [1.807, 2.05) is 0 Å². The van der Waals surface area contributed by atoms with E-state index in [1.54, 1.807) is 0 Å². The van der Waals surface area contributed by atoms with Gasteiger partial charge >= 0.3 is 59.7 Å². The second kappa shape index (κ2) is 4.90. The molecule has 112 valence electrons. The number of rotatable bonds is 1. The zero-order valence-corrected chi connectivity index (χ0v) is 11.0. The Kier molecular flexibility index (Phi) is 4.84. The van der Waals surface area contributed by atoms with E-state index in [0.717, 1.165) is 0 Å². The maximum absolute atomic E-state index is 13.0. The quantitative estimate of drug-likeness (QED) is 0.407. The van der Waals surface area contributed by atoms with Crippen LogP contribution in [-0.4, -0.2) is 36.1 Å². The number of carboxylic acids is 1. The van der Waals surface area contributed by atoms with Gasteiger partial charge in [0, 0.05) is 0 Å². The zero-order chi connectivity index (χ0) is 15.5. The number of hydrogen-bond donors (Lipinski definition) is 0. The Hall–Kier alpha value is -0.240. The smallest absolute Gasteiger partial charge is 0.544 e. The summed E-state index contributed by atoms with van der Waals surface area (Å²) in [5, 5.41) is 10.1.